The van der Waals surface area contributed by atoms with Crippen LogP contribution in [0.25, 0.3) is 0 Å². The van der Waals surface area contributed by atoms with Crippen LogP contribution in [0.5, 0.6) is 11.5 Å². The van der Waals surface area contributed by atoms with Crippen LogP contribution in [0.4, 0.5) is 5.69 Å². The number of phenols is 1. The largest absolute Gasteiger partial charge is 0.504 e. The number of rotatable bonds is 6. The molecule has 2 bridgehead atoms. The van der Waals surface area contributed by atoms with E-state index < -0.39 is 23.0 Å². The molecule has 0 aromatic heterocycles. The van der Waals surface area contributed by atoms with E-state index in [9.17, 15) is 15.0 Å². The number of nitrogens with zero attached hydrogens (tertiary/aromatic N) is 2. The number of ether oxygens (including phenoxy) is 1. The maximum absolute atomic E-state index is 13.5. The molecule has 3 unspecified atom stereocenters. The zero-order valence-corrected chi connectivity index (χ0v) is 21.6. The van der Waals surface area contributed by atoms with Crippen molar-refractivity contribution in [2.75, 3.05) is 13.1 Å². The molecule has 2 fully saturated rings. The first-order chi connectivity index (χ1) is 17.8. The predicted octanol–water partition coefficient (Wildman–Crippen LogP) is 3.76. The van der Waals surface area contributed by atoms with Gasteiger partial charge in [-0.3, -0.25) is 9.69 Å². The summed E-state index contributed by atoms with van der Waals surface area (Å²) < 4.78 is 6.52. The van der Waals surface area contributed by atoms with Crippen molar-refractivity contribution in [3.63, 3.8) is 0 Å². The minimum Gasteiger partial charge on any atom is -0.504 e. The van der Waals surface area contributed by atoms with Crippen molar-refractivity contribution in [3.8, 4) is 11.5 Å². The average Bonchev–Trinajstić information content (AvgIpc) is 3.25. The van der Waals surface area contributed by atoms with Crippen molar-refractivity contribution in [1.82, 2.24) is 10.2 Å². The molecule has 6 rings (SSSR count). The molecule has 1 saturated heterocycles. The molecule has 1 saturated carbocycles. The lowest BCUT2D eigenvalue weighted by atomic mass is 9.48. The van der Waals surface area contributed by atoms with Gasteiger partial charge in [-0.1, -0.05) is 24.3 Å². The first-order valence-corrected chi connectivity index (χ1v) is 13.3. The molecule has 6 atom stereocenters. The minimum atomic E-state index is -1.02. The fraction of sp³-hybridized carbons (Fsp3) is 0.448. The van der Waals surface area contributed by atoms with Crippen LogP contribution in [-0.4, -0.2) is 63.1 Å². The van der Waals surface area contributed by atoms with E-state index in [1.807, 2.05) is 43.3 Å². The van der Waals surface area contributed by atoms with Gasteiger partial charge in [0.05, 0.1) is 33.8 Å². The molecular weight excluding hydrogens is 486 g/mol. The highest BCUT2D eigenvalue weighted by Gasteiger charge is 2.73. The van der Waals surface area contributed by atoms with Gasteiger partial charge < -0.3 is 20.3 Å². The second kappa shape index (κ2) is 8.77. The summed E-state index contributed by atoms with van der Waals surface area (Å²) in [6.07, 6.45) is 3.92. The van der Waals surface area contributed by atoms with Crippen molar-refractivity contribution in [2.45, 2.75) is 67.7 Å². The Hall–Kier alpha value is -3.03. The highest BCUT2D eigenvalue weighted by molar-refractivity contribution is 7.78. The summed E-state index contributed by atoms with van der Waals surface area (Å²) in [4.78, 5) is 19.8. The average molecular weight is 518 g/mol. The van der Waals surface area contributed by atoms with Crippen LogP contribution in [0.3, 0.4) is 0 Å². The number of amides is 1. The molecule has 2 aromatic rings. The molecule has 1 spiro atoms. The number of carbonyl (C=O) groups excluding carboxylic acids is 1. The Bertz CT molecular complexity index is 1340. The Balaban J connectivity index is 1.35. The standard InChI is InChI=1S/C29H31N3O4S/c1-3-12-32-13-11-28-24-19-7-8-22(33)25(24)36-26(28)21(9-10-29(28,35)23(32)15-19)31-27(34)17(2)18-5-4-6-20(14-18)30-16-37/h3-8,14,17,21,23,26,33,35H,1,9-13,15H2,2H3,(H,31,34)/t17?,21?,23-,26?,28+,29-/m1/s1. The van der Waals surface area contributed by atoms with E-state index in [1.54, 1.807) is 6.07 Å². The summed E-state index contributed by atoms with van der Waals surface area (Å²) in [6, 6.07) is 10.7. The highest BCUT2D eigenvalue weighted by atomic mass is 32.1. The van der Waals surface area contributed by atoms with E-state index in [0.29, 0.717) is 43.7 Å². The third-order valence-electron chi connectivity index (χ3n) is 9.20. The molecule has 1 amide bonds. The lowest BCUT2D eigenvalue weighted by Crippen LogP contribution is -2.78. The molecule has 2 aliphatic carbocycles. The topological polar surface area (TPSA) is 94.4 Å². The van der Waals surface area contributed by atoms with E-state index >= 15 is 0 Å². The van der Waals surface area contributed by atoms with E-state index in [4.69, 9.17) is 17.0 Å². The summed E-state index contributed by atoms with van der Waals surface area (Å²) in [5, 5.41) is 28.8. The molecular formula is C29H31N3O4S. The molecule has 3 N–H and O–H groups in total. The molecule has 4 aliphatic rings. The maximum Gasteiger partial charge on any atom is 0.227 e. The molecule has 192 valence electrons. The van der Waals surface area contributed by atoms with Gasteiger partial charge in [-0.05, 0) is 80.7 Å². The Morgan fingerprint density at radius 2 is 2.24 bits per heavy atom. The smallest absolute Gasteiger partial charge is 0.227 e. The number of likely N-dealkylation sites (tertiary alicyclic amines) is 1. The minimum absolute atomic E-state index is 0.0756. The van der Waals surface area contributed by atoms with Gasteiger partial charge in [-0.25, -0.2) is 0 Å². The van der Waals surface area contributed by atoms with Crippen molar-refractivity contribution < 1.29 is 19.7 Å². The number of phenolic OH excluding ortho intramolecular Hbond substituents is 1. The summed E-state index contributed by atoms with van der Waals surface area (Å²) in [5.74, 6) is 0.0262. The summed E-state index contributed by atoms with van der Waals surface area (Å²) in [6.45, 7) is 7.29. The quantitative estimate of drug-likeness (QED) is 0.307. The zero-order valence-electron chi connectivity index (χ0n) is 20.8. The van der Waals surface area contributed by atoms with Crippen molar-refractivity contribution >= 4 is 29.0 Å². The van der Waals surface area contributed by atoms with Gasteiger partial charge in [0, 0.05) is 18.2 Å². The Morgan fingerprint density at radius 1 is 1.41 bits per heavy atom. The number of aliphatic hydroxyl groups is 1. The maximum atomic E-state index is 13.5. The van der Waals surface area contributed by atoms with Crippen LogP contribution in [0, 0.1) is 0 Å². The van der Waals surface area contributed by atoms with Crippen LogP contribution in [0.1, 0.15) is 48.8 Å². The van der Waals surface area contributed by atoms with Crippen molar-refractivity contribution in [1.29, 1.82) is 0 Å². The predicted molar refractivity (Wildman–Crippen MR) is 144 cm³/mol. The third-order valence-corrected chi connectivity index (χ3v) is 9.29. The molecule has 2 aliphatic heterocycles. The molecule has 37 heavy (non-hydrogen) atoms. The normalized spacial score (nSPS) is 31.9. The van der Waals surface area contributed by atoms with Crippen LogP contribution in [-0.2, 0) is 16.6 Å². The summed E-state index contributed by atoms with van der Waals surface area (Å²) in [5.41, 5.74) is 1.82. The van der Waals surface area contributed by atoms with Gasteiger partial charge in [0.15, 0.2) is 11.5 Å². The summed E-state index contributed by atoms with van der Waals surface area (Å²) >= 11 is 4.72. The Morgan fingerprint density at radius 3 is 3.03 bits per heavy atom. The van der Waals surface area contributed by atoms with E-state index in [0.717, 1.165) is 23.2 Å². The van der Waals surface area contributed by atoms with Gasteiger partial charge >= 0.3 is 0 Å². The summed E-state index contributed by atoms with van der Waals surface area (Å²) in [7, 11) is 0. The van der Waals surface area contributed by atoms with Gasteiger partial charge in [0.1, 0.15) is 6.10 Å². The first kappa shape index (κ1) is 24.3. The third kappa shape index (κ3) is 3.36. The number of carbonyl (C=O) groups is 1. The van der Waals surface area contributed by atoms with Gasteiger partial charge in [0.2, 0.25) is 5.91 Å². The second-order valence-electron chi connectivity index (χ2n) is 10.8. The number of hydrogen-bond acceptors (Lipinski definition) is 7. The van der Waals surface area contributed by atoms with E-state index in [2.05, 4.69) is 26.9 Å². The van der Waals surface area contributed by atoms with Crippen LogP contribution in [0.2, 0.25) is 0 Å². The first-order valence-electron chi connectivity index (χ1n) is 12.9. The molecule has 2 heterocycles. The monoisotopic (exact) mass is 517 g/mol. The van der Waals surface area contributed by atoms with Gasteiger partial charge in [-0.2, -0.15) is 4.99 Å². The van der Waals surface area contributed by atoms with Gasteiger partial charge in [-0.15, -0.1) is 6.58 Å². The van der Waals surface area contributed by atoms with Crippen molar-refractivity contribution in [3.05, 3.63) is 65.7 Å². The molecule has 0 radical (unpaired) electrons. The Labute approximate surface area is 221 Å². The van der Waals surface area contributed by atoms with Gasteiger partial charge in [0.25, 0.3) is 0 Å². The zero-order chi connectivity index (χ0) is 25.9. The second-order valence-corrected chi connectivity index (χ2v) is 11.0. The fourth-order valence-electron chi connectivity index (χ4n) is 7.54. The fourth-order valence-corrected chi connectivity index (χ4v) is 7.64. The number of nitrogens with one attached hydrogen (secondary N) is 1. The number of benzene rings is 2. The number of isothiocyanates is 1. The number of thiocarbonyl (C=S) groups is 1. The molecule has 7 nitrogen and oxygen atoms in total. The number of aromatic hydroxyl groups is 1. The number of hydrogen-bond donors (Lipinski definition) is 3. The lowest BCUT2D eigenvalue weighted by molar-refractivity contribution is -0.190. The molecule has 2 aromatic carbocycles. The van der Waals surface area contributed by atoms with Crippen LogP contribution >= 0.6 is 12.2 Å². The highest BCUT2D eigenvalue weighted by Crippen LogP contribution is 2.65. The van der Waals surface area contributed by atoms with Crippen LogP contribution in [0.15, 0.2) is 54.0 Å². The molecule has 8 heteroatoms. The van der Waals surface area contributed by atoms with Crippen molar-refractivity contribution in [2.24, 2.45) is 4.99 Å². The number of piperidine rings is 1. The SMILES string of the molecule is C=CCN1CC[C@]23c4c5ccc(O)c4OC2C(NC(=O)C(C)c2cccc(N=C=S)c2)CC[C@@]3(O)[C@H]1C5. The Kier molecular flexibility index (Phi) is 5.77. The van der Waals surface area contributed by atoms with E-state index in [-0.39, 0.29) is 23.7 Å². The number of aliphatic imine (C=N–C) groups is 1. The van der Waals surface area contributed by atoms with Crippen LogP contribution < -0.4 is 10.1 Å². The lowest BCUT2D eigenvalue weighted by Gasteiger charge is -2.64. The van der Waals surface area contributed by atoms with E-state index in [1.165, 1.54) is 0 Å².